The quantitative estimate of drug-likeness (QED) is 0.679. The van der Waals surface area contributed by atoms with Crippen LogP contribution < -0.4 is 5.32 Å². The Kier molecular flexibility index (Phi) is 2.46. The number of thiol groups is 1. The van der Waals surface area contributed by atoms with E-state index in [2.05, 4.69) is 17.9 Å². The largest absolute Gasteiger partial charge is 0.346 e. The Bertz CT molecular complexity index is 380. The number of hydrogen-bond acceptors (Lipinski definition) is 2. The summed E-state index contributed by atoms with van der Waals surface area (Å²) in [7, 11) is 0. The molecule has 0 bridgehead atoms. The van der Waals surface area contributed by atoms with Crippen molar-refractivity contribution in [3.63, 3.8) is 0 Å². The fourth-order valence-corrected chi connectivity index (χ4v) is 1.83. The molecule has 0 radical (unpaired) electrons. The topological polar surface area (TPSA) is 29.1 Å². The van der Waals surface area contributed by atoms with Crippen LogP contribution in [0.5, 0.6) is 0 Å². The molecule has 1 aromatic carbocycles. The first-order valence-corrected chi connectivity index (χ1v) is 4.84. The summed E-state index contributed by atoms with van der Waals surface area (Å²) >= 11 is 4.15. The third kappa shape index (κ3) is 1.62. The molecule has 0 spiro atoms. The maximum atomic E-state index is 12.4. The Morgan fingerprint density at radius 3 is 3.07 bits per heavy atom. The van der Waals surface area contributed by atoms with Gasteiger partial charge in [-0.2, -0.15) is 0 Å². The van der Waals surface area contributed by atoms with E-state index in [9.17, 15) is 9.18 Å². The number of rotatable bonds is 1. The molecule has 0 aromatic heterocycles. The van der Waals surface area contributed by atoms with Crippen molar-refractivity contribution in [2.75, 3.05) is 6.67 Å². The van der Waals surface area contributed by atoms with Crippen LogP contribution in [-0.4, -0.2) is 18.6 Å². The molecular weight excluding hydrogens is 201 g/mol. The summed E-state index contributed by atoms with van der Waals surface area (Å²) in [5.74, 6) is -0.204. The molecule has 2 nitrogen and oxygen atoms in total. The van der Waals surface area contributed by atoms with E-state index in [1.807, 2.05) is 12.1 Å². The van der Waals surface area contributed by atoms with Crippen LogP contribution >= 0.6 is 12.6 Å². The number of nitrogens with one attached hydrogen (secondary N) is 1. The Hall–Kier alpha value is -1.03. The van der Waals surface area contributed by atoms with Gasteiger partial charge in [0.15, 0.2) is 0 Å². The first kappa shape index (κ1) is 9.52. The van der Waals surface area contributed by atoms with Crippen molar-refractivity contribution >= 4 is 18.5 Å². The molecule has 1 N–H and O–H groups in total. The second-order valence-corrected chi connectivity index (χ2v) is 3.89. The van der Waals surface area contributed by atoms with Gasteiger partial charge in [0.05, 0.1) is 6.04 Å². The van der Waals surface area contributed by atoms with Gasteiger partial charge in [-0.05, 0) is 24.1 Å². The van der Waals surface area contributed by atoms with Gasteiger partial charge < -0.3 is 5.32 Å². The van der Waals surface area contributed by atoms with Crippen LogP contribution in [0.4, 0.5) is 4.39 Å². The smallest absolute Gasteiger partial charge is 0.251 e. The van der Waals surface area contributed by atoms with E-state index in [0.29, 0.717) is 12.0 Å². The second-order valence-electron chi connectivity index (χ2n) is 3.37. The molecule has 14 heavy (non-hydrogen) atoms. The first-order chi connectivity index (χ1) is 6.70. The zero-order chi connectivity index (χ0) is 10.1. The van der Waals surface area contributed by atoms with Crippen LogP contribution in [0, 0.1) is 0 Å². The average molecular weight is 211 g/mol. The number of amides is 1. The van der Waals surface area contributed by atoms with Crippen LogP contribution in [0.1, 0.15) is 15.9 Å². The lowest BCUT2D eigenvalue weighted by Crippen LogP contribution is -2.42. The lowest BCUT2D eigenvalue weighted by Gasteiger charge is -2.23. The maximum absolute atomic E-state index is 12.4. The lowest BCUT2D eigenvalue weighted by atomic mass is 9.96. The van der Waals surface area contributed by atoms with Crippen molar-refractivity contribution in [1.29, 1.82) is 0 Å². The van der Waals surface area contributed by atoms with Crippen LogP contribution in [0.3, 0.4) is 0 Å². The average Bonchev–Trinajstić information content (AvgIpc) is 2.19. The van der Waals surface area contributed by atoms with Gasteiger partial charge in [-0.15, -0.1) is 12.6 Å². The highest BCUT2D eigenvalue weighted by molar-refractivity contribution is 7.80. The zero-order valence-corrected chi connectivity index (χ0v) is 8.35. The van der Waals surface area contributed by atoms with Gasteiger partial charge >= 0.3 is 0 Å². The molecule has 1 atom stereocenters. The van der Waals surface area contributed by atoms with E-state index in [-0.39, 0.29) is 11.9 Å². The van der Waals surface area contributed by atoms with Crippen molar-refractivity contribution in [3.8, 4) is 0 Å². The number of halogens is 1. The van der Waals surface area contributed by atoms with E-state index < -0.39 is 6.67 Å². The van der Waals surface area contributed by atoms with E-state index in [4.69, 9.17) is 0 Å². The predicted octanol–water partition coefficient (Wildman–Crippen LogP) is 1.60. The molecule has 0 saturated heterocycles. The SMILES string of the molecule is O=C1NC(CF)Cc2ccc(S)cc21. The number of carbonyl (C=O) groups is 1. The fourth-order valence-electron chi connectivity index (χ4n) is 1.63. The van der Waals surface area contributed by atoms with Gasteiger partial charge in [0.2, 0.25) is 0 Å². The van der Waals surface area contributed by atoms with Crippen LogP contribution in [0.25, 0.3) is 0 Å². The third-order valence-electron chi connectivity index (χ3n) is 2.33. The number of alkyl halides is 1. The zero-order valence-electron chi connectivity index (χ0n) is 7.46. The molecule has 4 heteroatoms. The van der Waals surface area contributed by atoms with Crippen LogP contribution in [0.15, 0.2) is 23.1 Å². The van der Waals surface area contributed by atoms with Crippen molar-refractivity contribution < 1.29 is 9.18 Å². The van der Waals surface area contributed by atoms with Crippen molar-refractivity contribution in [1.82, 2.24) is 5.32 Å². The monoisotopic (exact) mass is 211 g/mol. The van der Waals surface area contributed by atoms with E-state index in [0.717, 1.165) is 10.5 Å². The molecular formula is C10H10FNOS. The van der Waals surface area contributed by atoms with Crippen molar-refractivity contribution in [2.45, 2.75) is 17.4 Å². The Labute approximate surface area is 86.9 Å². The molecule has 1 unspecified atom stereocenters. The standard InChI is InChI=1S/C10H10FNOS/c11-5-7-3-6-1-2-8(14)4-9(6)10(13)12-7/h1-2,4,7,14H,3,5H2,(H,12,13). The second kappa shape index (κ2) is 3.61. The number of benzene rings is 1. The third-order valence-corrected chi connectivity index (χ3v) is 2.60. The van der Waals surface area contributed by atoms with Crippen LogP contribution in [0.2, 0.25) is 0 Å². The normalized spacial score (nSPS) is 20.1. The minimum absolute atomic E-state index is 0.204. The van der Waals surface area contributed by atoms with Gasteiger partial charge in [-0.25, -0.2) is 4.39 Å². The molecule has 1 heterocycles. The fraction of sp³-hybridized carbons (Fsp3) is 0.300. The number of carbonyl (C=O) groups excluding carboxylic acids is 1. The van der Waals surface area contributed by atoms with E-state index in [1.54, 1.807) is 6.07 Å². The van der Waals surface area contributed by atoms with Gasteiger partial charge in [0, 0.05) is 10.5 Å². The summed E-state index contributed by atoms with van der Waals surface area (Å²) in [5, 5.41) is 2.60. The highest BCUT2D eigenvalue weighted by Crippen LogP contribution is 2.20. The number of hydrogen-bond donors (Lipinski definition) is 2. The summed E-state index contributed by atoms with van der Waals surface area (Å²) in [6, 6.07) is 4.98. The van der Waals surface area contributed by atoms with Gasteiger partial charge in [0.1, 0.15) is 6.67 Å². The number of fused-ring (bicyclic) bond motifs is 1. The van der Waals surface area contributed by atoms with Gasteiger partial charge in [-0.1, -0.05) is 6.07 Å². The van der Waals surface area contributed by atoms with E-state index >= 15 is 0 Å². The predicted molar refractivity (Wildman–Crippen MR) is 54.6 cm³/mol. The van der Waals surface area contributed by atoms with Gasteiger partial charge in [0.25, 0.3) is 5.91 Å². The summed E-state index contributed by atoms with van der Waals surface area (Å²) in [6.07, 6.45) is 0.561. The van der Waals surface area contributed by atoms with Crippen molar-refractivity contribution in [2.24, 2.45) is 0 Å². The Balaban J connectivity index is 2.40. The Morgan fingerprint density at radius 2 is 2.36 bits per heavy atom. The van der Waals surface area contributed by atoms with Gasteiger partial charge in [-0.3, -0.25) is 4.79 Å². The van der Waals surface area contributed by atoms with Crippen LogP contribution in [-0.2, 0) is 6.42 Å². The van der Waals surface area contributed by atoms with E-state index in [1.165, 1.54) is 0 Å². The minimum atomic E-state index is -0.520. The molecule has 1 aromatic rings. The molecule has 2 rings (SSSR count). The van der Waals surface area contributed by atoms with Crippen molar-refractivity contribution in [3.05, 3.63) is 29.3 Å². The summed E-state index contributed by atoms with van der Waals surface area (Å²) in [5.41, 5.74) is 1.51. The maximum Gasteiger partial charge on any atom is 0.251 e. The summed E-state index contributed by atoms with van der Waals surface area (Å²) in [6.45, 7) is -0.520. The molecule has 0 aliphatic carbocycles. The molecule has 74 valence electrons. The molecule has 0 fully saturated rings. The highest BCUT2D eigenvalue weighted by Gasteiger charge is 2.23. The molecule has 1 aliphatic heterocycles. The highest BCUT2D eigenvalue weighted by atomic mass is 32.1. The molecule has 1 aliphatic rings. The minimum Gasteiger partial charge on any atom is -0.346 e. The summed E-state index contributed by atoms with van der Waals surface area (Å²) in [4.78, 5) is 12.2. The molecule has 1 amide bonds. The first-order valence-electron chi connectivity index (χ1n) is 4.39. The molecule has 0 saturated carbocycles. The lowest BCUT2D eigenvalue weighted by molar-refractivity contribution is 0.0917. The Morgan fingerprint density at radius 1 is 1.57 bits per heavy atom. The summed E-state index contributed by atoms with van der Waals surface area (Å²) < 4.78 is 12.4.